The Morgan fingerprint density at radius 2 is 1.74 bits per heavy atom. The van der Waals surface area contributed by atoms with E-state index in [0.717, 1.165) is 11.8 Å². The van der Waals surface area contributed by atoms with Crippen LogP contribution in [0, 0.1) is 5.82 Å². The van der Waals surface area contributed by atoms with Gasteiger partial charge < -0.3 is 10.1 Å². The van der Waals surface area contributed by atoms with E-state index in [1.807, 2.05) is 18.2 Å². The van der Waals surface area contributed by atoms with E-state index in [4.69, 9.17) is 4.74 Å². The van der Waals surface area contributed by atoms with E-state index in [1.54, 1.807) is 60.8 Å². The van der Waals surface area contributed by atoms with Gasteiger partial charge in [-0.2, -0.15) is 0 Å². The van der Waals surface area contributed by atoms with Crippen LogP contribution in [0.2, 0.25) is 0 Å². The number of fused-ring (bicyclic) bond motifs is 1. The molecule has 0 saturated heterocycles. The van der Waals surface area contributed by atoms with Crippen LogP contribution in [0.15, 0.2) is 94.2 Å². The number of para-hydroxylation sites is 2. The molecule has 10 heteroatoms. The molecule has 0 aliphatic rings. The Bertz CT molecular complexity index is 1720. The number of thiophene rings is 1. The fourth-order valence-corrected chi connectivity index (χ4v) is 5.79. The van der Waals surface area contributed by atoms with Gasteiger partial charge in [0.05, 0.1) is 29.0 Å². The van der Waals surface area contributed by atoms with E-state index >= 15 is 0 Å². The van der Waals surface area contributed by atoms with Crippen LogP contribution in [-0.4, -0.2) is 33.8 Å². The Balaban J connectivity index is 1.43. The number of nitrogens with one attached hydrogen (secondary N) is 1. The summed E-state index contributed by atoms with van der Waals surface area (Å²) < 4.78 is 20.2. The number of rotatable bonds is 8. The number of hydrogen-bond acceptors (Lipinski definition) is 7. The molecule has 7 nitrogen and oxygen atoms in total. The van der Waals surface area contributed by atoms with Gasteiger partial charge in [0.25, 0.3) is 5.56 Å². The van der Waals surface area contributed by atoms with Crippen LogP contribution >= 0.6 is 23.1 Å². The normalized spacial score (nSPS) is 10.9. The fourth-order valence-electron chi connectivity index (χ4n) is 4.00. The second-order valence-electron chi connectivity index (χ2n) is 8.31. The number of carbonyl (C=O) groups excluding carboxylic acids is 2. The van der Waals surface area contributed by atoms with Crippen LogP contribution in [-0.2, 0) is 9.53 Å². The summed E-state index contributed by atoms with van der Waals surface area (Å²) in [6, 6.07) is 21.9. The SMILES string of the molecule is CCOC(=O)c1c(-c2ccc(F)cc2)csc1NC(=O)CSc1nc2ccccc2c(=O)n1-c1ccccc1. The first-order valence-electron chi connectivity index (χ1n) is 12.0. The van der Waals surface area contributed by atoms with Crippen molar-refractivity contribution in [1.29, 1.82) is 0 Å². The predicted octanol–water partition coefficient (Wildman–Crippen LogP) is 6.16. The average Bonchev–Trinajstić information content (AvgIpc) is 3.36. The topological polar surface area (TPSA) is 90.3 Å². The molecule has 0 fully saturated rings. The van der Waals surface area contributed by atoms with Gasteiger partial charge in [-0.15, -0.1) is 11.3 Å². The molecule has 0 unspecified atom stereocenters. The summed E-state index contributed by atoms with van der Waals surface area (Å²) in [5.74, 6) is -1.44. The van der Waals surface area contributed by atoms with Crippen LogP contribution < -0.4 is 10.9 Å². The second kappa shape index (κ2) is 11.6. The minimum atomic E-state index is -0.588. The monoisotopic (exact) mass is 559 g/mol. The number of halogens is 1. The van der Waals surface area contributed by atoms with Gasteiger partial charge in [0, 0.05) is 10.9 Å². The van der Waals surface area contributed by atoms with Crippen molar-refractivity contribution < 1.29 is 18.7 Å². The van der Waals surface area contributed by atoms with Crippen molar-refractivity contribution in [3.8, 4) is 16.8 Å². The summed E-state index contributed by atoms with van der Waals surface area (Å²) in [6.45, 7) is 1.85. The van der Waals surface area contributed by atoms with Crippen LogP contribution in [0.25, 0.3) is 27.7 Å². The van der Waals surface area contributed by atoms with Gasteiger partial charge in [-0.1, -0.05) is 54.2 Å². The molecule has 5 rings (SSSR count). The van der Waals surface area contributed by atoms with Gasteiger partial charge in [0.2, 0.25) is 5.91 Å². The Morgan fingerprint density at radius 1 is 1.03 bits per heavy atom. The van der Waals surface area contributed by atoms with Crippen molar-refractivity contribution in [2.24, 2.45) is 0 Å². The molecule has 0 atom stereocenters. The van der Waals surface area contributed by atoms with Gasteiger partial charge in [-0.3, -0.25) is 14.2 Å². The summed E-state index contributed by atoms with van der Waals surface area (Å²) in [7, 11) is 0. The number of amides is 1. The third-order valence-electron chi connectivity index (χ3n) is 5.77. The molecule has 2 heterocycles. The predicted molar refractivity (Wildman–Crippen MR) is 152 cm³/mol. The highest BCUT2D eigenvalue weighted by molar-refractivity contribution is 7.99. The zero-order valence-electron chi connectivity index (χ0n) is 20.7. The Labute approximate surface area is 231 Å². The molecule has 2 aromatic heterocycles. The van der Waals surface area contributed by atoms with Crippen LogP contribution in [0.5, 0.6) is 0 Å². The molecule has 0 radical (unpaired) electrons. The molecule has 0 bridgehead atoms. The van der Waals surface area contributed by atoms with E-state index in [0.29, 0.717) is 37.9 Å². The maximum absolute atomic E-state index is 13.5. The Kier molecular flexibility index (Phi) is 7.85. The van der Waals surface area contributed by atoms with Gasteiger partial charge >= 0.3 is 5.97 Å². The lowest BCUT2D eigenvalue weighted by atomic mass is 10.0. The van der Waals surface area contributed by atoms with Crippen molar-refractivity contribution >= 4 is 50.9 Å². The molecular weight excluding hydrogens is 537 g/mol. The van der Waals surface area contributed by atoms with Crippen molar-refractivity contribution in [3.63, 3.8) is 0 Å². The first-order valence-corrected chi connectivity index (χ1v) is 13.9. The number of nitrogens with zero attached hydrogens (tertiary/aromatic N) is 2. The lowest BCUT2D eigenvalue weighted by Crippen LogP contribution is -2.23. The first-order chi connectivity index (χ1) is 19.0. The zero-order chi connectivity index (χ0) is 27.4. The summed E-state index contributed by atoms with van der Waals surface area (Å²) in [5, 5.41) is 5.69. The molecule has 0 saturated carbocycles. The van der Waals surface area contributed by atoms with E-state index in [-0.39, 0.29) is 29.4 Å². The van der Waals surface area contributed by atoms with Crippen LogP contribution in [0.3, 0.4) is 0 Å². The highest BCUT2D eigenvalue weighted by Gasteiger charge is 2.23. The first kappa shape index (κ1) is 26.3. The molecule has 196 valence electrons. The van der Waals surface area contributed by atoms with Gasteiger partial charge in [-0.25, -0.2) is 14.2 Å². The minimum Gasteiger partial charge on any atom is -0.462 e. The fraction of sp³-hybridized carbons (Fsp3) is 0.103. The second-order valence-corrected chi connectivity index (χ2v) is 10.1. The van der Waals surface area contributed by atoms with Gasteiger partial charge in [-0.05, 0) is 48.9 Å². The van der Waals surface area contributed by atoms with Gasteiger partial charge in [0.15, 0.2) is 5.16 Å². The number of hydrogen-bond donors (Lipinski definition) is 1. The maximum Gasteiger partial charge on any atom is 0.341 e. The summed E-state index contributed by atoms with van der Waals surface area (Å²) in [6.07, 6.45) is 0. The largest absolute Gasteiger partial charge is 0.462 e. The number of anilines is 1. The van der Waals surface area contributed by atoms with Crippen molar-refractivity contribution in [1.82, 2.24) is 9.55 Å². The standard InChI is InChI=1S/C29H22FN3O4S2/c1-2-37-28(36)25-22(18-12-14-19(30)15-13-18)16-38-26(25)32-24(34)17-39-29-31-23-11-7-6-10-21(23)27(35)33(29)20-8-4-3-5-9-20/h3-16H,2,17H2,1H3,(H,32,34). The Hall–Kier alpha value is -4.28. The van der Waals surface area contributed by atoms with E-state index < -0.39 is 11.8 Å². The van der Waals surface area contributed by atoms with E-state index in [2.05, 4.69) is 10.3 Å². The third kappa shape index (κ3) is 5.62. The summed E-state index contributed by atoms with van der Waals surface area (Å²) in [5.41, 5.74) is 2.30. The molecule has 5 aromatic rings. The van der Waals surface area contributed by atoms with Crippen molar-refractivity contribution in [2.75, 3.05) is 17.7 Å². The average molecular weight is 560 g/mol. The quantitative estimate of drug-likeness (QED) is 0.139. The summed E-state index contributed by atoms with van der Waals surface area (Å²) in [4.78, 5) is 43.9. The van der Waals surface area contributed by atoms with Crippen molar-refractivity contribution in [2.45, 2.75) is 12.1 Å². The number of carbonyl (C=O) groups is 2. The number of ether oxygens (including phenoxy) is 1. The van der Waals surface area contributed by atoms with Crippen LogP contribution in [0.1, 0.15) is 17.3 Å². The van der Waals surface area contributed by atoms with Gasteiger partial charge in [0.1, 0.15) is 16.4 Å². The highest BCUT2D eigenvalue weighted by Crippen LogP contribution is 2.36. The number of esters is 1. The molecule has 3 aromatic carbocycles. The summed E-state index contributed by atoms with van der Waals surface area (Å²) >= 11 is 2.29. The smallest absolute Gasteiger partial charge is 0.341 e. The minimum absolute atomic E-state index is 0.0658. The van der Waals surface area contributed by atoms with E-state index in [9.17, 15) is 18.8 Å². The molecule has 1 amide bonds. The zero-order valence-corrected chi connectivity index (χ0v) is 22.4. The van der Waals surface area contributed by atoms with E-state index in [1.165, 1.54) is 28.0 Å². The lowest BCUT2D eigenvalue weighted by molar-refractivity contribution is -0.113. The number of thioether (sulfide) groups is 1. The molecule has 0 spiro atoms. The third-order valence-corrected chi connectivity index (χ3v) is 7.60. The Morgan fingerprint density at radius 3 is 2.49 bits per heavy atom. The maximum atomic E-state index is 13.5. The number of benzene rings is 3. The number of aromatic nitrogens is 2. The molecular formula is C29H22FN3O4S2. The van der Waals surface area contributed by atoms with Crippen molar-refractivity contribution in [3.05, 3.63) is 106 Å². The molecule has 1 N–H and O–H groups in total. The highest BCUT2D eigenvalue weighted by atomic mass is 32.2. The molecule has 0 aliphatic heterocycles. The molecule has 39 heavy (non-hydrogen) atoms. The lowest BCUT2D eigenvalue weighted by Gasteiger charge is -2.13. The molecule has 0 aliphatic carbocycles. The van der Waals surface area contributed by atoms with Crippen LogP contribution in [0.4, 0.5) is 9.39 Å².